The Morgan fingerprint density at radius 1 is 1.73 bits per heavy atom. The third-order valence-corrected chi connectivity index (χ3v) is 0.949. The van der Waals surface area contributed by atoms with E-state index in [0.29, 0.717) is 6.92 Å². The summed E-state index contributed by atoms with van der Waals surface area (Å²) < 4.78 is 39.4. The zero-order valence-electron chi connectivity index (χ0n) is 5.68. The van der Waals surface area contributed by atoms with E-state index in [1.165, 1.54) is 0 Å². The van der Waals surface area contributed by atoms with Gasteiger partial charge < -0.3 is 9.84 Å². The summed E-state index contributed by atoms with van der Waals surface area (Å²) >= 11 is 0. The van der Waals surface area contributed by atoms with Gasteiger partial charge in [-0.1, -0.05) is 0 Å². The molecule has 3 nitrogen and oxygen atoms in total. The summed E-state index contributed by atoms with van der Waals surface area (Å²) in [6, 6.07) is 0. The largest absolute Gasteiger partial charge is 0.506 e. The van der Waals surface area contributed by atoms with Gasteiger partial charge in [-0.2, -0.15) is 0 Å². The fourth-order valence-electron chi connectivity index (χ4n) is 0.392. The minimum Gasteiger partial charge on any atom is -0.450 e. The topological polar surface area (TPSA) is 46.5 Å². The highest BCUT2D eigenvalue weighted by atomic mass is 19.3. The number of rotatable bonds is 3. The van der Waals surface area contributed by atoms with Crippen LogP contribution in [-0.4, -0.2) is 30.0 Å². The molecule has 1 N–H and O–H groups in total. The van der Waals surface area contributed by atoms with Crippen molar-refractivity contribution in [1.82, 2.24) is 0 Å². The molecule has 0 saturated carbocycles. The highest BCUT2D eigenvalue weighted by Gasteiger charge is 2.37. The van der Waals surface area contributed by atoms with Crippen LogP contribution in [0.4, 0.5) is 18.0 Å². The average Bonchev–Trinajstić information content (AvgIpc) is 1.79. The summed E-state index contributed by atoms with van der Waals surface area (Å²) in [6.07, 6.45) is -4.12. The van der Waals surface area contributed by atoms with Crippen molar-refractivity contribution in [2.45, 2.75) is 19.0 Å². The third-order valence-electron chi connectivity index (χ3n) is 0.949. The summed E-state index contributed by atoms with van der Waals surface area (Å²) in [5, 5.41) is 7.86. The lowest BCUT2D eigenvalue weighted by atomic mass is 10.2. The first kappa shape index (κ1) is 10.1. The highest BCUT2D eigenvalue weighted by molar-refractivity contribution is 5.57. The molecule has 0 aliphatic carbocycles. The Bertz CT molecular complexity index is 142. The van der Waals surface area contributed by atoms with Gasteiger partial charge in [0.25, 0.3) is 5.92 Å². The number of halogens is 3. The molecule has 0 heterocycles. The third kappa shape index (κ3) is 3.69. The Morgan fingerprint density at radius 2 is 2.18 bits per heavy atom. The second-order valence-electron chi connectivity index (χ2n) is 1.98. The molecular formula is C5H7F3O3. The Labute approximate surface area is 60.8 Å². The van der Waals surface area contributed by atoms with E-state index in [1.54, 1.807) is 0 Å². The van der Waals surface area contributed by atoms with E-state index >= 15 is 0 Å². The van der Waals surface area contributed by atoms with E-state index in [1.807, 2.05) is 0 Å². The quantitative estimate of drug-likeness (QED) is 0.658. The summed E-state index contributed by atoms with van der Waals surface area (Å²) in [5.74, 6) is -3.48. The van der Waals surface area contributed by atoms with Crippen molar-refractivity contribution < 1.29 is 27.8 Å². The standard InChI is InChI=1S/C5H7F3O3/c1-5(7,8)3(2-6)11-4(9)10/h3H,2H2,1H3,(H,9,10). The van der Waals surface area contributed by atoms with Gasteiger partial charge in [0, 0.05) is 6.92 Å². The van der Waals surface area contributed by atoms with Crippen LogP contribution in [0.1, 0.15) is 6.92 Å². The zero-order valence-corrected chi connectivity index (χ0v) is 5.68. The molecule has 0 spiro atoms. The van der Waals surface area contributed by atoms with E-state index in [2.05, 4.69) is 4.74 Å². The Hall–Kier alpha value is -0.940. The van der Waals surface area contributed by atoms with Crippen molar-refractivity contribution in [2.75, 3.05) is 6.67 Å². The number of hydrogen-bond acceptors (Lipinski definition) is 2. The SMILES string of the molecule is CC(F)(F)C(CF)OC(=O)O. The lowest BCUT2D eigenvalue weighted by Gasteiger charge is -2.18. The van der Waals surface area contributed by atoms with Crippen LogP contribution in [0.25, 0.3) is 0 Å². The molecule has 6 heteroatoms. The lowest BCUT2D eigenvalue weighted by molar-refractivity contribution is -0.113. The number of carboxylic acid groups (broad SMARTS) is 1. The van der Waals surface area contributed by atoms with E-state index in [9.17, 15) is 18.0 Å². The molecule has 0 aromatic heterocycles. The molecule has 0 fully saturated rings. The lowest BCUT2D eigenvalue weighted by Crippen LogP contribution is -2.36. The summed E-state index contributed by atoms with van der Waals surface area (Å²) in [4.78, 5) is 9.69. The number of ether oxygens (including phenoxy) is 1. The van der Waals surface area contributed by atoms with E-state index in [0.717, 1.165) is 0 Å². The second-order valence-corrected chi connectivity index (χ2v) is 1.98. The molecule has 0 bridgehead atoms. The molecule has 0 saturated heterocycles. The minimum absolute atomic E-state index is 0.389. The molecule has 0 radical (unpaired) electrons. The molecule has 0 aromatic rings. The first-order chi connectivity index (χ1) is 4.88. The second kappa shape index (κ2) is 3.45. The van der Waals surface area contributed by atoms with Gasteiger partial charge in [0.15, 0.2) is 6.10 Å². The van der Waals surface area contributed by atoms with Crippen LogP contribution < -0.4 is 0 Å². The molecular weight excluding hydrogens is 165 g/mol. The van der Waals surface area contributed by atoms with E-state index in [-0.39, 0.29) is 0 Å². The van der Waals surface area contributed by atoms with Crippen molar-refractivity contribution >= 4 is 6.16 Å². The summed E-state index contributed by atoms with van der Waals surface area (Å²) in [5.41, 5.74) is 0. The Kier molecular flexibility index (Phi) is 3.16. The maximum absolute atomic E-state index is 12.1. The normalized spacial score (nSPS) is 14.2. The minimum atomic E-state index is -3.48. The van der Waals surface area contributed by atoms with E-state index < -0.39 is 24.9 Å². The van der Waals surface area contributed by atoms with Gasteiger partial charge in [0.05, 0.1) is 0 Å². The van der Waals surface area contributed by atoms with Gasteiger partial charge >= 0.3 is 6.16 Å². The number of hydrogen-bond donors (Lipinski definition) is 1. The Morgan fingerprint density at radius 3 is 2.27 bits per heavy atom. The predicted molar refractivity (Wildman–Crippen MR) is 29.5 cm³/mol. The smallest absolute Gasteiger partial charge is 0.450 e. The van der Waals surface area contributed by atoms with Gasteiger partial charge in [-0.3, -0.25) is 0 Å². The number of alkyl halides is 3. The zero-order chi connectivity index (χ0) is 9.07. The first-order valence-corrected chi connectivity index (χ1v) is 2.71. The first-order valence-electron chi connectivity index (χ1n) is 2.71. The van der Waals surface area contributed by atoms with Crippen LogP contribution in [0.5, 0.6) is 0 Å². The summed E-state index contributed by atoms with van der Waals surface area (Å²) in [6.45, 7) is -1.14. The molecule has 1 unspecified atom stereocenters. The van der Waals surface area contributed by atoms with Gasteiger partial charge in [-0.25, -0.2) is 18.0 Å². The van der Waals surface area contributed by atoms with E-state index in [4.69, 9.17) is 5.11 Å². The molecule has 0 aliphatic rings. The van der Waals surface area contributed by atoms with Crippen LogP contribution in [-0.2, 0) is 4.74 Å². The van der Waals surface area contributed by atoms with Crippen LogP contribution >= 0.6 is 0 Å². The molecule has 0 aliphatic heterocycles. The maximum atomic E-state index is 12.1. The van der Waals surface area contributed by atoms with Crippen molar-refractivity contribution in [2.24, 2.45) is 0 Å². The van der Waals surface area contributed by atoms with Crippen LogP contribution in [0, 0.1) is 0 Å². The monoisotopic (exact) mass is 172 g/mol. The van der Waals surface area contributed by atoms with Gasteiger partial charge in [-0.15, -0.1) is 0 Å². The average molecular weight is 172 g/mol. The van der Waals surface area contributed by atoms with Crippen LogP contribution in [0.3, 0.4) is 0 Å². The van der Waals surface area contributed by atoms with Crippen molar-refractivity contribution in [1.29, 1.82) is 0 Å². The van der Waals surface area contributed by atoms with Crippen LogP contribution in [0.15, 0.2) is 0 Å². The maximum Gasteiger partial charge on any atom is 0.506 e. The van der Waals surface area contributed by atoms with Gasteiger partial charge in [0.1, 0.15) is 6.67 Å². The number of carbonyl (C=O) groups is 1. The molecule has 11 heavy (non-hydrogen) atoms. The van der Waals surface area contributed by atoms with Crippen molar-refractivity contribution in [3.8, 4) is 0 Å². The molecule has 1 atom stereocenters. The summed E-state index contributed by atoms with van der Waals surface area (Å²) in [7, 11) is 0. The molecule has 0 rings (SSSR count). The fraction of sp³-hybridized carbons (Fsp3) is 0.800. The van der Waals surface area contributed by atoms with Crippen molar-refractivity contribution in [3.63, 3.8) is 0 Å². The van der Waals surface area contributed by atoms with Crippen LogP contribution in [0.2, 0.25) is 0 Å². The van der Waals surface area contributed by atoms with Crippen molar-refractivity contribution in [3.05, 3.63) is 0 Å². The Balaban J connectivity index is 4.07. The molecule has 66 valence electrons. The highest BCUT2D eigenvalue weighted by Crippen LogP contribution is 2.20. The predicted octanol–water partition coefficient (Wildman–Crippen LogP) is 1.67. The van der Waals surface area contributed by atoms with Gasteiger partial charge in [-0.05, 0) is 0 Å². The molecule has 0 amide bonds. The fourth-order valence-corrected chi connectivity index (χ4v) is 0.392. The van der Waals surface area contributed by atoms with Gasteiger partial charge in [0.2, 0.25) is 0 Å². The molecule has 0 aromatic carbocycles.